The van der Waals surface area contributed by atoms with Gasteiger partial charge in [0, 0.05) is 18.4 Å². The number of amides is 1. The van der Waals surface area contributed by atoms with Crippen molar-refractivity contribution >= 4 is 11.9 Å². The van der Waals surface area contributed by atoms with Crippen molar-refractivity contribution in [3.63, 3.8) is 0 Å². The molecule has 0 aliphatic carbocycles. The van der Waals surface area contributed by atoms with Gasteiger partial charge in [-0.25, -0.2) is 0 Å². The molecule has 1 aromatic carbocycles. The van der Waals surface area contributed by atoms with Gasteiger partial charge in [-0.1, -0.05) is 19.1 Å². The summed E-state index contributed by atoms with van der Waals surface area (Å²) in [6, 6.07) is 5.27. The first-order chi connectivity index (χ1) is 9.15. The van der Waals surface area contributed by atoms with Gasteiger partial charge in [0.2, 0.25) is 5.91 Å². The van der Waals surface area contributed by atoms with Crippen LogP contribution in [0.3, 0.4) is 0 Å². The maximum Gasteiger partial charge on any atom is 0.311 e. The Balaban J connectivity index is 2.31. The van der Waals surface area contributed by atoms with Crippen LogP contribution in [0.2, 0.25) is 0 Å². The van der Waals surface area contributed by atoms with Gasteiger partial charge in [-0.05, 0) is 12.5 Å². The number of carbonyl (C=O) groups is 2. The Labute approximate surface area is 111 Å². The highest BCUT2D eigenvalue weighted by Crippen LogP contribution is 2.37. The number of carbonyl (C=O) groups excluding carboxylic acids is 2. The molecule has 0 radical (unpaired) electrons. The summed E-state index contributed by atoms with van der Waals surface area (Å²) in [6.07, 6.45) is 1.53. The van der Waals surface area contributed by atoms with Gasteiger partial charge >= 0.3 is 5.97 Å². The van der Waals surface area contributed by atoms with Crippen LogP contribution in [0.4, 0.5) is 0 Å². The molecule has 1 aromatic rings. The fourth-order valence-corrected chi connectivity index (χ4v) is 2.15. The third kappa shape index (κ3) is 2.86. The quantitative estimate of drug-likeness (QED) is 0.666. The number of rotatable bonds is 4. The molecular formula is C14H17NO4. The predicted molar refractivity (Wildman–Crippen MR) is 69.0 cm³/mol. The molecule has 1 N–H and O–H groups in total. The molecule has 1 amide bonds. The number of esters is 1. The smallest absolute Gasteiger partial charge is 0.311 e. The first-order valence-electron chi connectivity index (χ1n) is 6.32. The number of para-hydroxylation sites is 1. The highest BCUT2D eigenvalue weighted by Gasteiger charge is 2.26. The molecule has 1 heterocycles. The summed E-state index contributed by atoms with van der Waals surface area (Å²) in [5.41, 5.74) is 0.842. The van der Waals surface area contributed by atoms with Crippen LogP contribution in [-0.4, -0.2) is 19.0 Å². The predicted octanol–water partition coefficient (Wildman–Crippen LogP) is 1.96. The summed E-state index contributed by atoms with van der Waals surface area (Å²) < 4.78 is 10.6. The van der Waals surface area contributed by atoms with Gasteiger partial charge in [0.25, 0.3) is 0 Å². The lowest BCUT2D eigenvalue weighted by Crippen LogP contribution is -2.19. The largest absolute Gasteiger partial charge is 0.492 e. The molecular weight excluding hydrogens is 246 g/mol. The highest BCUT2D eigenvalue weighted by molar-refractivity contribution is 5.79. The fraction of sp³-hybridized carbons (Fsp3) is 0.429. The van der Waals surface area contributed by atoms with E-state index < -0.39 is 0 Å². The first-order valence-corrected chi connectivity index (χ1v) is 6.32. The lowest BCUT2D eigenvalue weighted by molar-refractivity contribution is -0.134. The van der Waals surface area contributed by atoms with Gasteiger partial charge in [-0.15, -0.1) is 0 Å². The third-order valence-corrected chi connectivity index (χ3v) is 3.10. The average molecular weight is 263 g/mol. The van der Waals surface area contributed by atoms with Gasteiger partial charge < -0.3 is 14.8 Å². The number of hydrogen-bond acceptors (Lipinski definition) is 4. The minimum atomic E-state index is -0.314. The summed E-state index contributed by atoms with van der Waals surface area (Å²) in [4.78, 5) is 22.7. The molecule has 0 bridgehead atoms. The summed E-state index contributed by atoms with van der Waals surface area (Å²) in [6.45, 7) is 1.73. The van der Waals surface area contributed by atoms with Crippen molar-refractivity contribution in [3.05, 3.63) is 23.8 Å². The molecule has 0 unspecified atom stereocenters. The molecule has 0 spiro atoms. The van der Waals surface area contributed by atoms with Crippen molar-refractivity contribution in [1.82, 2.24) is 5.32 Å². The Morgan fingerprint density at radius 2 is 2.26 bits per heavy atom. The average Bonchev–Trinajstić information content (AvgIpc) is 2.84. The van der Waals surface area contributed by atoms with E-state index in [1.165, 1.54) is 7.11 Å². The lowest BCUT2D eigenvalue weighted by atomic mass is 10.0. The van der Waals surface area contributed by atoms with E-state index in [0.29, 0.717) is 24.3 Å². The van der Waals surface area contributed by atoms with Gasteiger partial charge in [0.05, 0.1) is 13.2 Å². The van der Waals surface area contributed by atoms with Crippen LogP contribution in [0.25, 0.3) is 0 Å². The summed E-state index contributed by atoms with van der Waals surface area (Å²) in [5.74, 6) is 0.624. The standard InChI is InChI=1S/C14H17NO4/c1-3-13(17)19-11-6-4-5-9(14(11)18-2)10-7-8-12(16)15-10/h4-6,10H,3,7-8H2,1-2H3,(H,15,16)/t10-/m0/s1. The van der Waals surface area contributed by atoms with Gasteiger partial charge in [0.15, 0.2) is 11.5 Å². The number of methoxy groups -OCH3 is 1. The maximum atomic E-state index is 11.4. The Morgan fingerprint density at radius 1 is 1.47 bits per heavy atom. The van der Waals surface area contributed by atoms with Crippen molar-refractivity contribution in [2.45, 2.75) is 32.2 Å². The Hall–Kier alpha value is -2.04. The molecule has 0 saturated carbocycles. The Kier molecular flexibility index (Phi) is 4.04. The molecule has 102 valence electrons. The molecule has 0 aromatic heterocycles. The normalized spacial score (nSPS) is 18.0. The van der Waals surface area contributed by atoms with E-state index in [-0.39, 0.29) is 17.9 Å². The van der Waals surface area contributed by atoms with Crippen molar-refractivity contribution < 1.29 is 19.1 Å². The molecule has 1 aliphatic rings. The molecule has 1 fully saturated rings. The maximum absolute atomic E-state index is 11.4. The Morgan fingerprint density at radius 3 is 2.84 bits per heavy atom. The van der Waals surface area contributed by atoms with Crippen LogP contribution in [0.1, 0.15) is 37.8 Å². The number of hydrogen-bond donors (Lipinski definition) is 1. The van der Waals surface area contributed by atoms with Gasteiger partial charge in [0.1, 0.15) is 0 Å². The van der Waals surface area contributed by atoms with Crippen LogP contribution >= 0.6 is 0 Å². The second kappa shape index (κ2) is 5.73. The minimum absolute atomic E-state index is 0.0306. The van der Waals surface area contributed by atoms with Gasteiger partial charge in [-0.3, -0.25) is 9.59 Å². The fourth-order valence-electron chi connectivity index (χ4n) is 2.15. The molecule has 5 nitrogen and oxygen atoms in total. The first kappa shape index (κ1) is 13.4. The molecule has 19 heavy (non-hydrogen) atoms. The number of ether oxygens (including phenoxy) is 2. The molecule has 2 rings (SSSR count). The van der Waals surface area contributed by atoms with E-state index in [2.05, 4.69) is 5.32 Å². The second-order valence-electron chi connectivity index (χ2n) is 4.37. The zero-order chi connectivity index (χ0) is 13.8. The van der Waals surface area contributed by atoms with Crippen molar-refractivity contribution in [3.8, 4) is 11.5 Å². The van der Waals surface area contributed by atoms with Crippen molar-refractivity contribution in [2.75, 3.05) is 7.11 Å². The SMILES string of the molecule is CCC(=O)Oc1cccc([C@@H]2CCC(=O)N2)c1OC. The summed E-state index contributed by atoms with van der Waals surface area (Å²) >= 11 is 0. The van der Waals surface area contributed by atoms with E-state index in [1.54, 1.807) is 19.1 Å². The van der Waals surface area contributed by atoms with Gasteiger partial charge in [-0.2, -0.15) is 0 Å². The zero-order valence-electron chi connectivity index (χ0n) is 11.1. The van der Waals surface area contributed by atoms with Crippen LogP contribution in [0, 0.1) is 0 Å². The van der Waals surface area contributed by atoms with Crippen LogP contribution in [0.15, 0.2) is 18.2 Å². The van der Waals surface area contributed by atoms with E-state index in [9.17, 15) is 9.59 Å². The van der Waals surface area contributed by atoms with Crippen LogP contribution in [-0.2, 0) is 9.59 Å². The van der Waals surface area contributed by atoms with E-state index in [4.69, 9.17) is 9.47 Å². The highest BCUT2D eigenvalue weighted by atomic mass is 16.6. The van der Waals surface area contributed by atoms with E-state index in [1.807, 2.05) is 6.07 Å². The molecule has 1 aliphatic heterocycles. The number of nitrogens with one attached hydrogen (secondary N) is 1. The van der Waals surface area contributed by atoms with Crippen LogP contribution in [0.5, 0.6) is 11.5 Å². The number of benzene rings is 1. The van der Waals surface area contributed by atoms with Crippen LogP contribution < -0.4 is 14.8 Å². The topological polar surface area (TPSA) is 64.6 Å². The van der Waals surface area contributed by atoms with Crippen molar-refractivity contribution in [1.29, 1.82) is 0 Å². The monoisotopic (exact) mass is 263 g/mol. The molecule has 1 atom stereocenters. The summed E-state index contributed by atoms with van der Waals surface area (Å²) in [7, 11) is 1.53. The van der Waals surface area contributed by atoms with E-state index in [0.717, 1.165) is 12.0 Å². The minimum Gasteiger partial charge on any atom is -0.492 e. The summed E-state index contributed by atoms with van der Waals surface area (Å²) in [5, 5.41) is 2.88. The zero-order valence-corrected chi connectivity index (χ0v) is 11.1. The van der Waals surface area contributed by atoms with Crippen molar-refractivity contribution in [2.24, 2.45) is 0 Å². The second-order valence-corrected chi connectivity index (χ2v) is 4.37. The lowest BCUT2D eigenvalue weighted by Gasteiger charge is -2.17. The molecule has 5 heteroatoms. The third-order valence-electron chi connectivity index (χ3n) is 3.10. The van der Waals surface area contributed by atoms with E-state index >= 15 is 0 Å². The Bertz CT molecular complexity index is 498. The molecule has 1 saturated heterocycles.